The number of anilines is 1. The van der Waals surface area contributed by atoms with E-state index in [1.807, 2.05) is 0 Å². The molecule has 0 fully saturated rings. The van der Waals surface area contributed by atoms with Crippen molar-refractivity contribution in [2.24, 2.45) is 0 Å². The molecule has 0 aromatic heterocycles. The molecule has 3 rings (SSSR count). The van der Waals surface area contributed by atoms with Crippen LogP contribution in [-0.4, -0.2) is 23.6 Å². The van der Waals surface area contributed by atoms with Crippen LogP contribution in [0.5, 0.6) is 5.75 Å². The summed E-state index contributed by atoms with van der Waals surface area (Å²) in [7, 11) is 0. The van der Waals surface area contributed by atoms with Gasteiger partial charge in [-0.2, -0.15) is 5.26 Å². The predicted octanol–water partition coefficient (Wildman–Crippen LogP) is 4.61. The summed E-state index contributed by atoms with van der Waals surface area (Å²) in [5, 5.41) is 21.0. The van der Waals surface area contributed by atoms with E-state index in [-0.39, 0.29) is 23.9 Å². The Morgan fingerprint density at radius 1 is 0.968 bits per heavy atom. The molecule has 7 heteroatoms. The number of hydrogen-bond donors (Lipinski definition) is 2. The fraction of sp³-hybridized carbons (Fsp3) is 0.0417. The van der Waals surface area contributed by atoms with Gasteiger partial charge in [0.2, 0.25) is 0 Å². The standard InChI is InChI=1S/C24H17FN2O4/c25-20-7-9-21(10-8-20)27-23(28)15-31-22-11-1-16(2-12-22)13-19(14-26)17-3-5-18(6-4-17)24(29)30/h1-13H,15H2,(H,27,28)(H,29,30). The number of ether oxygens (including phenoxy) is 1. The number of amides is 1. The third-order valence-electron chi connectivity index (χ3n) is 4.25. The van der Waals surface area contributed by atoms with Crippen LogP contribution in [0.1, 0.15) is 21.5 Å². The van der Waals surface area contributed by atoms with Gasteiger partial charge in [0.15, 0.2) is 6.61 Å². The predicted molar refractivity (Wildman–Crippen MR) is 114 cm³/mol. The molecule has 2 N–H and O–H groups in total. The second kappa shape index (κ2) is 9.85. The highest BCUT2D eigenvalue weighted by Gasteiger charge is 2.06. The van der Waals surface area contributed by atoms with Gasteiger partial charge in [0.05, 0.1) is 17.2 Å². The summed E-state index contributed by atoms with van der Waals surface area (Å²) in [6.45, 7) is -0.216. The number of benzene rings is 3. The minimum atomic E-state index is -1.03. The van der Waals surface area contributed by atoms with E-state index in [0.29, 0.717) is 22.6 Å². The van der Waals surface area contributed by atoms with Gasteiger partial charge in [-0.15, -0.1) is 0 Å². The number of carbonyl (C=O) groups excluding carboxylic acids is 1. The maximum atomic E-state index is 12.9. The number of aromatic carboxylic acids is 1. The van der Waals surface area contributed by atoms with E-state index >= 15 is 0 Å². The molecule has 0 heterocycles. The van der Waals surface area contributed by atoms with Crippen LogP contribution >= 0.6 is 0 Å². The highest BCUT2D eigenvalue weighted by Crippen LogP contribution is 2.20. The third-order valence-corrected chi connectivity index (χ3v) is 4.25. The van der Waals surface area contributed by atoms with Crippen LogP contribution in [0, 0.1) is 17.1 Å². The first-order valence-corrected chi connectivity index (χ1v) is 9.18. The summed E-state index contributed by atoms with van der Waals surface area (Å²) < 4.78 is 18.3. The third kappa shape index (κ3) is 6.02. The van der Waals surface area contributed by atoms with Gasteiger partial charge in [-0.1, -0.05) is 24.3 Å². The van der Waals surface area contributed by atoms with E-state index in [0.717, 1.165) is 5.56 Å². The van der Waals surface area contributed by atoms with Crippen LogP contribution in [0.4, 0.5) is 10.1 Å². The summed E-state index contributed by atoms with van der Waals surface area (Å²) in [6.07, 6.45) is 1.67. The van der Waals surface area contributed by atoms with Crippen molar-refractivity contribution in [2.45, 2.75) is 0 Å². The summed E-state index contributed by atoms with van der Waals surface area (Å²) in [5.41, 5.74) is 2.33. The minimum absolute atomic E-state index is 0.144. The number of carbonyl (C=O) groups is 2. The molecule has 0 spiro atoms. The SMILES string of the molecule is N#CC(=Cc1ccc(OCC(=O)Nc2ccc(F)cc2)cc1)c1ccc(C(=O)O)cc1. The summed E-state index contributed by atoms with van der Waals surface area (Å²) in [4.78, 5) is 22.9. The highest BCUT2D eigenvalue weighted by molar-refractivity contribution is 5.92. The zero-order valence-electron chi connectivity index (χ0n) is 16.2. The van der Waals surface area contributed by atoms with Crippen molar-refractivity contribution >= 4 is 29.2 Å². The van der Waals surface area contributed by atoms with Gasteiger partial charge in [0, 0.05) is 5.69 Å². The van der Waals surface area contributed by atoms with E-state index in [4.69, 9.17) is 9.84 Å². The molecule has 1 amide bonds. The van der Waals surface area contributed by atoms with E-state index in [2.05, 4.69) is 11.4 Å². The summed E-state index contributed by atoms with van der Waals surface area (Å²) >= 11 is 0. The highest BCUT2D eigenvalue weighted by atomic mass is 19.1. The number of hydrogen-bond acceptors (Lipinski definition) is 4. The lowest BCUT2D eigenvalue weighted by molar-refractivity contribution is -0.118. The van der Waals surface area contributed by atoms with Gasteiger partial charge in [-0.05, 0) is 65.7 Å². The van der Waals surface area contributed by atoms with Gasteiger partial charge < -0.3 is 15.2 Å². The molecule has 0 unspecified atom stereocenters. The van der Waals surface area contributed by atoms with E-state index in [1.165, 1.54) is 36.4 Å². The normalized spacial score (nSPS) is 10.8. The first-order valence-electron chi connectivity index (χ1n) is 9.18. The molecule has 0 saturated heterocycles. The van der Waals surface area contributed by atoms with E-state index in [1.54, 1.807) is 42.5 Å². The fourth-order valence-electron chi connectivity index (χ4n) is 2.68. The lowest BCUT2D eigenvalue weighted by Crippen LogP contribution is -2.20. The molecule has 3 aromatic rings. The Bertz CT molecular complexity index is 1150. The molecular formula is C24H17FN2O4. The molecule has 0 radical (unpaired) electrons. The van der Waals surface area contributed by atoms with Crippen molar-refractivity contribution in [1.29, 1.82) is 5.26 Å². The first kappa shape index (κ1) is 21.3. The van der Waals surface area contributed by atoms with E-state index < -0.39 is 5.97 Å². The Morgan fingerprint density at radius 2 is 1.58 bits per heavy atom. The van der Waals surface area contributed by atoms with Crippen LogP contribution in [0.2, 0.25) is 0 Å². The number of allylic oxidation sites excluding steroid dienone is 1. The largest absolute Gasteiger partial charge is 0.484 e. The number of nitrogens with one attached hydrogen (secondary N) is 1. The lowest BCUT2D eigenvalue weighted by Gasteiger charge is -2.08. The molecule has 0 bridgehead atoms. The van der Waals surface area contributed by atoms with Crippen LogP contribution in [0.3, 0.4) is 0 Å². The van der Waals surface area contributed by atoms with Crippen molar-refractivity contribution in [3.63, 3.8) is 0 Å². The molecular weight excluding hydrogens is 399 g/mol. The summed E-state index contributed by atoms with van der Waals surface area (Å²) in [5.74, 6) is -1.33. The van der Waals surface area contributed by atoms with Crippen LogP contribution in [0.15, 0.2) is 72.8 Å². The average molecular weight is 416 g/mol. The number of nitrogens with zero attached hydrogens (tertiary/aromatic N) is 1. The second-order valence-electron chi connectivity index (χ2n) is 6.47. The van der Waals surface area contributed by atoms with Crippen molar-refractivity contribution in [2.75, 3.05) is 11.9 Å². The zero-order chi connectivity index (χ0) is 22.2. The Morgan fingerprint density at radius 3 is 2.16 bits per heavy atom. The van der Waals surface area contributed by atoms with Crippen molar-refractivity contribution in [3.05, 3.63) is 95.3 Å². The van der Waals surface area contributed by atoms with E-state index in [9.17, 15) is 19.2 Å². The van der Waals surface area contributed by atoms with Crippen molar-refractivity contribution < 1.29 is 23.8 Å². The number of halogens is 1. The number of carboxylic acids is 1. The minimum Gasteiger partial charge on any atom is -0.484 e. The monoisotopic (exact) mass is 416 g/mol. The molecule has 31 heavy (non-hydrogen) atoms. The Kier molecular flexibility index (Phi) is 6.76. The lowest BCUT2D eigenvalue weighted by atomic mass is 10.0. The molecule has 154 valence electrons. The number of carboxylic acid groups (broad SMARTS) is 1. The van der Waals surface area contributed by atoms with Crippen LogP contribution in [-0.2, 0) is 4.79 Å². The Balaban J connectivity index is 1.60. The molecule has 0 saturated carbocycles. The quantitative estimate of drug-likeness (QED) is 0.433. The van der Waals surface area contributed by atoms with Gasteiger partial charge in [-0.25, -0.2) is 9.18 Å². The van der Waals surface area contributed by atoms with Gasteiger partial charge in [-0.3, -0.25) is 4.79 Å². The van der Waals surface area contributed by atoms with Crippen molar-refractivity contribution in [3.8, 4) is 11.8 Å². The zero-order valence-corrected chi connectivity index (χ0v) is 16.2. The molecule has 6 nitrogen and oxygen atoms in total. The van der Waals surface area contributed by atoms with Crippen LogP contribution < -0.4 is 10.1 Å². The van der Waals surface area contributed by atoms with Crippen molar-refractivity contribution in [1.82, 2.24) is 0 Å². The fourth-order valence-corrected chi connectivity index (χ4v) is 2.68. The van der Waals surface area contributed by atoms with Gasteiger partial charge in [0.25, 0.3) is 5.91 Å². The van der Waals surface area contributed by atoms with Gasteiger partial charge >= 0.3 is 5.97 Å². The molecule has 0 aliphatic carbocycles. The topological polar surface area (TPSA) is 99.4 Å². The average Bonchev–Trinajstić information content (AvgIpc) is 2.78. The molecule has 3 aromatic carbocycles. The molecule has 0 aliphatic rings. The maximum Gasteiger partial charge on any atom is 0.335 e. The number of nitriles is 1. The van der Waals surface area contributed by atoms with Gasteiger partial charge in [0.1, 0.15) is 11.6 Å². The van der Waals surface area contributed by atoms with Crippen LogP contribution in [0.25, 0.3) is 11.6 Å². The number of rotatable bonds is 7. The second-order valence-corrected chi connectivity index (χ2v) is 6.47. The maximum absolute atomic E-state index is 12.9. The molecule has 0 atom stereocenters. The smallest absolute Gasteiger partial charge is 0.335 e. The Labute approximate surface area is 177 Å². The summed E-state index contributed by atoms with van der Waals surface area (Å²) in [6, 6.07) is 20.3. The molecule has 0 aliphatic heterocycles. The first-order chi connectivity index (χ1) is 14.9. The Hall–Kier alpha value is -4.44.